The summed E-state index contributed by atoms with van der Waals surface area (Å²) in [5, 5.41) is 14.8. The molecule has 0 radical (unpaired) electrons. The van der Waals surface area contributed by atoms with E-state index in [4.69, 9.17) is 4.74 Å². The highest BCUT2D eigenvalue weighted by molar-refractivity contribution is 7.99. The average Bonchev–Trinajstić information content (AvgIpc) is 2.62. The van der Waals surface area contributed by atoms with Crippen LogP contribution in [-0.4, -0.2) is 29.9 Å². The van der Waals surface area contributed by atoms with Gasteiger partial charge < -0.3 is 4.74 Å². The first kappa shape index (κ1) is 18.5. The molecule has 2 rings (SSSR count). The molecule has 0 saturated heterocycles. The molecule has 0 fully saturated rings. The molecule has 8 heteroatoms. The monoisotopic (exact) mass is 359 g/mol. The molecule has 0 saturated carbocycles. The van der Waals surface area contributed by atoms with Gasteiger partial charge in [0.25, 0.3) is 0 Å². The average molecular weight is 359 g/mol. The number of carbonyl (C=O) groups is 1. The highest BCUT2D eigenvalue weighted by atomic mass is 32.2. The number of nitro groups is 1. The highest BCUT2D eigenvalue weighted by Gasteiger charge is 2.14. The Morgan fingerprint density at radius 1 is 1.32 bits per heavy atom. The Morgan fingerprint density at radius 3 is 2.76 bits per heavy atom. The van der Waals surface area contributed by atoms with Crippen molar-refractivity contribution in [3.05, 3.63) is 69.8 Å². The summed E-state index contributed by atoms with van der Waals surface area (Å²) < 4.78 is 4.93. The zero-order chi connectivity index (χ0) is 18.1. The SMILES string of the molecule is COc1ccc(/C=N/NC(=O)CSCc2ccccc2)cc1[N+](=O)[O-]. The second kappa shape index (κ2) is 9.43. The summed E-state index contributed by atoms with van der Waals surface area (Å²) in [5.41, 5.74) is 3.89. The predicted octanol–water partition coefficient (Wildman–Crippen LogP) is 2.99. The minimum absolute atomic E-state index is 0.156. The molecule has 0 bridgehead atoms. The number of methoxy groups -OCH3 is 1. The van der Waals surface area contributed by atoms with Gasteiger partial charge in [-0.3, -0.25) is 14.9 Å². The Kier molecular flexibility index (Phi) is 6.97. The van der Waals surface area contributed by atoms with Crippen LogP contribution in [0.15, 0.2) is 53.6 Å². The summed E-state index contributed by atoms with van der Waals surface area (Å²) in [5.74, 6) is 0.946. The standard InChI is InChI=1S/C17H17N3O4S/c1-24-16-8-7-14(9-15(16)20(22)23)10-18-19-17(21)12-25-11-13-5-3-2-4-6-13/h2-10H,11-12H2,1H3,(H,19,21)/b18-10+. The van der Waals surface area contributed by atoms with Crippen LogP contribution in [0.5, 0.6) is 5.75 Å². The lowest BCUT2D eigenvalue weighted by Crippen LogP contribution is -2.19. The number of hydrogen-bond acceptors (Lipinski definition) is 6. The quantitative estimate of drug-likeness (QED) is 0.444. The molecule has 25 heavy (non-hydrogen) atoms. The van der Waals surface area contributed by atoms with Gasteiger partial charge in [-0.2, -0.15) is 5.10 Å². The van der Waals surface area contributed by atoms with Crippen molar-refractivity contribution in [2.75, 3.05) is 12.9 Å². The first-order valence-electron chi connectivity index (χ1n) is 7.36. The van der Waals surface area contributed by atoms with E-state index in [1.807, 2.05) is 30.3 Å². The van der Waals surface area contributed by atoms with Crippen LogP contribution in [0.2, 0.25) is 0 Å². The van der Waals surface area contributed by atoms with Crippen LogP contribution in [0.3, 0.4) is 0 Å². The zero-order valence-corrected chi connectivity index (χ0v) is 14.4. The van der Waals surface area contributed by atoms with Gasteiger partial charge in [0.05, 0.1) is 24.0 Å². The Hall–Kier alpha value is -2.87. The van der Waals surface area contributed by atoms with E-state index in [9.17, 15) is 14.9 Å². The van der Waals surface area contributed by atoms with E-state index in [-0.39, 0.29) is 23.1 Å². The maximum Gasteiger partial charge on any atom is 0.311 e. The van der Waals surface area contributed by atoms with Gasteiger partial charge in [-0.15, -0.1) is 11.8 Å². The van der Waals surface area contributed by atoms with E-state index in [2.05, 4.69) is 10.5 Å². The lowest BCUT2D eigenvalue weighted by Gasteiger charge is -2.02. The largest absolute Gasteiger partial charge is 0.490 e. The first-order valence-corrected chi connectivity index (χ1v) is 8.51. The van der Waals surface area contributed by atoms with Crippen molar-refractivity contribution in [3.8, 4) is 5.75 Å². The summed E-state index contributed by atoms with van der Waals surface area (Å²) in [6.45, 7) is 0. The number of carbonyl (C=O) groups excluding carboxylic acids is 1. The van der Waals surface area contributed by atoms with Crippen molar-refractivity contribution in [2.24, 2.45) is 5.10 Å². The van der Waals surface area contributed by atoms with Crippen LogP contribution in [0.1, 0.15) is 11.1 Å². The third-order valence-corrected chi connectivity index (χ3v) is 4.15. The molecule has 0 aliphatic heterocycles. The zero-order valence-electron chi connectivity index (χ0n) is 13.5. The number of amides is 1. The van der Waals surface area contributed by atoms with E-state index in [0.29, 0.717) is 5.56 Å². The minimum Gasteiger partial charge on any atom is -0.490 e. The third kappa shape index (κ3) is 5.92. The van der Waals surface area contributed by atoms with Crippen molar-refractivity contribution in [3.63, 3.8) is 0 Å². The molecule has 7 nitrogen and oxygen atoms in total. The molecule has 0 aliphatic rings. The van der Waals surface area contributed by atoms with E-state index >= 15 is 0 Å². The first-order chi connectivity index (χ1) is 12.1. The number of rotatable bonds is 8. The smallest absolute Gasteiger partial charge is 0.311 e. The summed E-state index contributed by atoms with van der Waals surface area (Å²) in [7, 11) is 1.36. The second-order valence-electron chi connectivity index (χ2n) is 4.96. The van der Waals surface area contributed by atoms with Crippen molar-refractivity contribution < 1.29 is 14.5 Å². The summed E-state index contributed by atoms with van der Waals surface area (Å²) in [6.07, 6.45) is 1.35. The Bertz CT molecular complexity index is 766. The summed E-state index contributed by atoms with van der Waals surface area (Å²) in [4.78, 5) is 22.2. The number of hydrogen-bond donors (Lipinski definition) is 1. The van der Waals surface area contributed by atoms with Crippen LogP contribution in [-0.2, 0) is 10.5 Å². The van der Waals surface area contributed by atoms with Crippen LogP contribution in [0, 0.1) is 10.1 Å². The molecule has 0 spiro atoms. The number of nitrogens with zero attached hydrogens (tertiary/aromatic N) is 2. The van der Waals surface area contributed by atoms with Crippen LogP contribution in [0.4, 0.5) is 5.69 Å². The molecule has 1 amide bonds. The molecule has 130 valence electrons. The molecule has 0 unspecified atom stereocenters. The fourth-order valence-electron chi connectivity index (χ4n) is 1.98. The molecular weight excluding hydrogens is 342 g/mol. The van der Waals surface area contributed by atoms with Crippen molar-refractivity contribution >= 4 is 29.6 Å². The third-order valence-electron chi connectivity index (χ3n) is 3.15. The van der Waals surface area contributed by atoms with E-state index in [1.54, 1.807) is 6.07 Å². The molecule has 0 aromatic heterocycles. The second-order valence-corrected chi connectivity index (χ2v) is 5.95. The van der Waals surface area contributed by atoms with Gasteiger partial charge in [0.15, 0.2) is 5.75 Å². The van der Waals surface area contributed by atoms with Gasteiger partial charge in [0, 0.05) is 17.4 Å². The number of hydrazone groups is 1. The van der Waals surface area contributed by atoms with Gasteiger partial charge in [-0.25, -0.2) is 5.43 Å². The van der Waals surface area contributed by atoms with Gasteiger partial charge in [0.1, 0.15) is 0 Å². The highest BCUT2D eigenvalue weighted by Crippen LogP contribution is 2.26. The van der Waals surface area contributed by atoms with Crippen LogP contribution in [0.25, 0.3) is 0 Å². The lowest BCUT2D eigenvalue weighted by atomic mass is 10.2. The summed E-state index contributed by atoms with van der Waals surface area (Å²) in [6, 6.07) is 14.3. The molecule has 2 aromatic carbocycles. The normalized spacial score (nSPS) is 10.6. The molecule has 1 N–H and O–H groups in total. The van der Waals surface area contributed by atoms with Crippen LogP contribution >= 0.6 is 11.8 Å². The van der Waals surface area contributed by atoms with Crippen LogP contribution < -0.4 is 10.2 Å². The molecule has 0 atom stereocenters. The van der Waals surface area contributed by atoms with Gasteiger partial charge in [-0.05, 0) is 17.7 Å². The molecule has 0 heterocycles. The molecule has 0 aliphatic carbocycles. The van der Waals surface area contributed by atoms with Crippen molar-refractivity contribution in [2.45, 2.75) is 5.75 Å². The Morgan fingerprint density at radius 2 is 2.08 bits per heavy atom. The van der Waals surface area contributed by atoms with Crippen molar-refractivity contribution in [1.82, 2.24) is 5.43 Å². The van der Waals surface area contributed by atoms with E-state index in [1.165, 1.54) is 37.2 Å². The fourth-order valence-corrected chi connectivity index (χ4v) is 2.76. The summed E-state index contributed by atoms with van der Waals surface area (Å²) >= 11 is 1.48. The van der Waals surface area contributed by atoms with Gasteiger partial charge >= 0.3 is 5.69 Å². The number of ether oxygens (including phenoxy) is 1. The molecule has 2 aromatic rings. The number of thioether (sulfide) groups is 1. The maximum atomic E-state index is 11.7. The minimum atomic E-state index is -0.533. The van der Waals surface area contributed by atoms with Gasteiger partial charge in [0.2, 0.25) is 5.91 Å². The molecular formula is C17H17N3O4S. The maximum absolute atomic E-state index is 11.7. The van der Waals surface area contributed by atoms with Crippen molar-refractivity contribution in [1.29, 1.82) is 0 Å². The predicted molar refractivity (Wildman–Crippen MR) is 98.0 cm³/mol. The van der Waals surface area contributed by atoms with Gasteiger partial charge in [-0.1, -0.05) is 30.3 Å². The number of nitrogens with one attached hydrogen (secondary N) is 1. The lowest BCUT2D eigenvalue weighted by molar-refractivity contribution is -0.385. The number of benzene rings is 2. The Balaban J connectivity index is 1.83. The van der Waals surface area contributed by atoms with E-state index in [0.717, 1.165) is 11.3 Å². The fraction of sp³-hybridized carbons (Fsp3) is 0.176. The topological polar surface area (TPSA) is 93.8 Å². The number of nitro benzene ring substituents is 1. The Labute approximate surface area is 149 Å². The van der Waals surface area contributed by atoms with E-state index < -0.39 is 4.92 Å².